The summed E-state index contributed by atoms with van der Waals surface area (Å²) in [6.45, 7) is 1.49. The van der Waals surface area contributed by atoms with E-state index in [2.05, 4.69) is 10.8 Å². The minimum absolute atomic E-state index is 0.0324. The number of benzene rings is 1. The number of ether oxygens (including phenoxy) is 1. The summed E-state index contributed by atoms with van der Waals surface area (Å²) >= 11 is 1.15. The van der Waals surface area contributed by atoms with Crippen LogP contribution in [0.15, 0.2) is 42.0 Å². The van der Waals surface area contributed by atoms with Crippen molar-refractivity contribution in [3.8, 4) is 6.07 Å². The first kappa shape index (κ1) is 18.0. The molecule has 0 N–H and O–H groups in total. The summed E-state index contributed by atoms with van der Waals surface area (Å²) in [7, 11) is 1.33. The second-order valence-corrected chi connectivity index (χ2v) is 6.05. The summed E-state index contributed by atoms with van der Waals surface area (Å²) in [5, 5.41) is 9.08. The summed E-state index contributed by atoms with van der Waals surface area (Å²) in [6.07, 6.45) is 2.98. The highest BCUT2D eigenvalue weighted by atomic mass is 32.2. The molecule has 0 spiro atoms. The second kappa shape index (κ2) is 9.80. The van der Waals surface area contributed by atoms with Crippen molar-refractivity contribution in [2.24, 2.45) is 0 Å². The Labute approximate surface area is 135 Å². The molecule has 1 atom stereocenters. The number of hydrogen-bond donors (Lipinski definition) is 0. The van der Waals surface area contributed by atoms with Gasteiger partial charge in [-0.25, -0.2) is 0 Å². The van der Waals surface area contributed by atoms with Gasteiger partial charge in [-0.1, -0.05) is 48.2 Å². The van der Waals surface area contributed by atoms with Gasteiger partial charge in [0.15, 0.2) is 5.12 Å². The zero-order valence-electron chi connectivity index (χ0n) is 12.7. The molecular weight excluding hydrogens is 298 g/mol. The van der Waals surface area contributed by atoms with Crippen molar-refractivity contribution in [3.63, 3.8) is 0 Å². The number of methoxy groups -OCH3 is 1. The van der Waals surface area contributed by atoms with Gasteiger partial charge in [-0.15, -0.1) is 0 Å². The fourth-order valence-electron chi connectivity index (χ4n) is 1.94. The van der Waals surface area contributed by atoms with Gasteiger partial charge in [0.25, 0.3) is 0 Å². The lowest BCUT2D eigenvalue weighted by Gasteiger charge is -2.14. The van der Waals surface area contributed by atoms with Gasteiger partial charge in [-0.2, -0.15) is 5.26 Å². The Morgan fingerprint density at radius 2 is 2.05 bits per heavy atom. The van der Waals surface area contributed by atoms with Gasteiger partial charge in [0, 0.05) is 18.9 Å². The Bertz CT molecular complexity index is 575. The zero-order valence-corrected chi connectivity index (χ0v) is 13.6. The predicted molar refractivity (Wildman–Crippen MR) is 87.2 cm³/mol. The lowest BCUT2D eigenvalue weighted by atomic mass is 10.0. The Morgan fingerprint density at radius 1 is 1.36 bits per heavy atom. The third kappa shape index (κ3) is 6.59. The molecule has 0 radical (unpaired) electrons. The van der Waals surface area contributed by atoms with Gasteiger partial charge in [0.05, 0.1) is 18.4 Å². The van der Waals surface area contributed by atoms with E-state index in [1.807, 2.05) is 30.3 Å². The third-order valence-corrected chi connectivity index (χ3v) is 4.03. The van der Waals surface area contributed by atoms with Crippen LogP contribution in [-0.2, 0) is 20.7 Å². The van der Waals surface area contributed by atoms with E-state index in [9.17, 15) is 14.9 Å². The summed E-state index contributed by atoms with van der Waals surface area (Å²) < 4.78 is 4.58. The molecule has 0 aliphatic heterocycles. The monoisotopic (exact) mass is 317 g/mol. The Hall–Kier alpha value is -2.06. The van der Waals surface area contributed by atoms with Crippen LogP contribution in [0.25, 0.3) is 0 Å². The van der Waals surface area contributed by atoms with E-state index in [-0.39, 0.29) is 22.8 Å². The smallest absolute Gasteiger partial charge is 0.305 e. The van der Waals surface area contributed by atoms with Crippen LogP contribution in [-0.4, -0.2) is 23.4 Å². The predicted octanol–water partition coefficient (Wildman–Crippen LogP) is 3.28. The average Bonchev–Trinajstić information content (AvgIpc) is 2.51. The maximum absolute atomic E-state index is 11.4. The molecule has 0 saturated heterocycles. The SMILES string of the molecule is COC(=O)CC/C=C(\C#N)C(Cc1ccccc1)SC(C)=O. The van der Waals surface area contributed by atoms with Crippen LogP contribution in [0.3, 0.4) is 0 Å². The number of allylic oxidation sites excluding steroid dienone is 1. The molecule has 0 aliphatic rings. The Kier molecular flexibility index (Phi) is 8.01. The van der Waals surface area contributed by atoms with Crippen LogP contribution in [0.2, 0.25) is 0 Å². The molecule has 1 rings (SSSR count). The molecule has 5 heteroatoms. The van der Waals surface area contributed by atoms with Crippen LogP contribution in [0.1, 0.15) is 25.3 Å². The maximum atomic E-state index is 11.4. The summed E-state index contributed by atoms with van der Waals surface area (Å²) in [5.41, 5.74) is 1.59. The summed E-state index contributed by atoms with van der Waals surface area (Å²) in [6, 6.07) is 11.9. The van der Waals surface area contributed by atoms with Gasteiger partial charge in [-0.05, 0) is 18.4 Å². The molecule has 0 bridgehead atoms. The van der Waals surface area contributed by atoms with E-state index in [0.717, 1.165) is 17.3 Å². The van der Waals surface area contributed by atoms with Crippen molar-refractivity contribution < 1.29 is 14.3 Å². The standard InChI is InChI=1S/C17H19NO3S/c1-13(19)22-16(11-14-7-4-3-5-8-14)15(12-18)9-6-10-17(20)21-2/h3-5,7-9,16H,6,10-11H2,1-2H3/b15-9+. The minimum Gasteiger partial charge on any atom is -0.469 e. The van der Waals surface area contributed by atoms with E-state index in [1.165, 1.54) is 14.0 Å². The normalized spacial score (nSPS) is 12.3. The molecule has 0 saturated carbocycles. The number of carbonyl (C=O) groups is 2. The molecule has 0 aromatic heterocycles. The summed E-state index contributed by atoms with van der Waals surface area (Å²) in [4.78, 5) is 22.6. The molecule has 1 unspecified atom stereocenters. The number of nitrogens with zero attached hydrogens (tertiary/aromatic N) is 1. The molecule has 0 heterocycles. The first-order valence-corrected chi connectivity index (χ1v) is 7.83. The lowest BCUT2D eigenvalue weighted by Crippen LogP contribution is -2.12. The van der Waals surface area contributed by atoms with Gasteiger partial charge < -0.3 is 4.74 Å². The molecular formula is C17H19NO3S. The highest BCUT2D eigenvalue weighted by Gasteiger charge is 2.18. The maximum Gasteiger partial charge on any atom is 0.305 e. The minimum atomic E-state index is -0.313. The van der Waals surface area contributed by atoms with Crippen molar-refractivity contribution >= 4 is 22.8 Å². The van der Waals surface area contributed by atoms with E-state index >= 15 is 0 Å². The van der Waals surface area contributed by atoms with Crippen LogP contribution in [0, 0.1) is 11.3 Å². The topological polar surface area (TPSA) is 67.2 Å². The molecule has 1 aromatic rings. The number of hydrogen-bond acceptors (Lipinski definition) is 5. The number of carbonyl (C=O) groups excluding carboxylic acids is 2. The first-order valence-electron chi connectivity index (χ1n) is 6.95. The Morgan fingerprint density at radius 3 is 2.59 bits per heavy atom. The van der Waals surface area contributed by atoms with Gasteiger partial charge in [0.1, 0.15) is 0 Å². The highest BCUT2D eigenvalue weighted by molar-refractivity contribution is 8.14. The van der Waals surface area contributed by atoms with Crippen LogP contribution in [0.5, 0.6) is 0 Å². The molecule has 0 aliphatic carbocycles. The van der Waals surface area contributed by atoms with E-state index in [1.54, 1.807) is 6.08 Å². The van der Waals surface area contributed by atoms with Crippen molar-refractivity contribution in [2.75, 3.05) is 7.11 Å². The molecule has 0 amide bonds. The fourth-order valence-corrected chi connectivity index (χ4v) is 2.89. The Balaban J connectivity index is 2.83. The van der Waals surface area contributed by atoms with Gasteiger partial charge in [-0.3, -0.25) is 9.59 Å². The van der Waals surface area contributed by atoms with E-state index < -0.39 is 0 Å². The zero-order chi connectivity index (χ0) is 16.4. The first-order chi connectivity index (χ1) is 10.6. The number of rotatable bonds is 7. The van der Waals surface area contributed by atoms with Crippen LogP contribution in [0.4, 0.5) is 0 Å². The molecule has 1 aromatic carbocycles. The van der Waals surface area contributed by atoms with Crippen LogP contribution < -0.4 is 0 Å². The van der Waals surface area contributed by atoms with Crippen LogP contribution >= 0.6 is 11.8 Å². The number of thioether (sulfide) groups is 1. The molecule has 22 heavy (non-hydrogen) atoms. The second-order valence-electron chi connectivity index (χ2n) is 4.67. The number of esters is 1. The van der Waals surface area contributed by atoms with E-state index in [4.69, 9.17) is 0 Å². The average molecular weight is 317 g/mol. The highest BCUT2D eigenvalue weighted by Crippen LogP contribution is 2.24. The van der Waals surface area contributed by atoms with Gasteiger partial charge >= 0.3 is 5.97 Å². The molecule has 0 fully saturated rings. The van der Waals surface area contributed by atoms with Crippen molar-refractivity contribution in [1.82, 2.24) is 0 Å². The molecule has 4 nitrogen and oxygen atoms in total. The quantitative estimate of drug-likeness (QED) is 0.570. The van der Waals surface area contributed by atoms with Crippen molar-refractivity contribution in [1.29, 1.82) is 5.26 Å². The van der Waals surface area contributed by atoms with E-state index in [0.29, 0.717) is 18.4 Å². The van der Waals surface area contributed by atoms with Crippen molar-refractivity contribution in [2.45, 2.75) is 31.4 Å². The van der Waals surface area contributed by atoms with Gasteiger partial charge in [0.2, 0.25) is 0 Å². The number of nitriles is 1. The van der Waals surface area contributed by atoms with Crippen molar-refractivity contribution in [3.05, 3.63) is 47.5 Å². The molecule has 116 valence electrons. The third-order valence-electron chi connectivity index (χ3n) is 2.99. The largest absolute Gasteiger partial charge is 0.469 e. The summed E-state index contributed by atoms with van der Waals surface area (Å²) in [5.74, 6) is -0.313. The fraction of sp³-hybridized carbons (Fsp3) is 0.353. The lowest BCUT2D eigenvalue weighted by molar-refractivity contribution is -0.140.